The first kappa shape index (κ1) is 26.9. The van der Waals surface area contributed by atoms with Crippen molar-refractivity contribution in [1.82, 2.24) is 25.3 Å². The average molecular weight is 537 g/mol. The molecule has 39 heavy (non-hydrogen) atoms. The van der Waals surface area contributed by atoms with E-state index >= 15 is 0 Å². The molecule has 3 N–H and O–H groups in total. The van der Waals surface area contributed by atoms with Gasteiger partial charge >= 0.3 is 0 Å². The number of nitrogens with one attached hydrogen (secondary N) is 3. The summed E-state index contributed by atoms with van der Waals surface area (Å²) in [6, 6.07) is 5.28. The number of halogens is 2. The Morgan fingerprint density at radius 3 is 2.62 bits per heavy atom. The molecule has 0 saturated carbocycles. The zero-order valence-electron chi connectivity index (χ0n) is 22.7. The van der Waals surface area contributed by atoms with Crippen molar-refractivity contribution in [2.24, 2.45) is 0 Å². The Balaban J connectivity index is 1.39. The minimum absolute atomic E-state index is 0.0791. The van der Waals surface area contributed by atoms with Gasteiger partial charge in [-0.15, -0.1) is 0 Å². The van der Waals surface area contributed by atoms with Gasteiger partial charge in [-0.2, -0.15) is 4.39 Å². The number of aromatic nitrogens is 4. The molecule has 0 atom stereocenters. The second-order valence-electron chi connectivity index (χ2n) is 10.9. The minimum Gasteiger partial charge on any atom is -0.382 e. The summed E-state index contributed by atoms with van der Waals surface area (Å²) < 4.78 is 27.4. The summed E-state index contributed by atoms with van der Waals surface area (Å²) in [4.78, 5) is 32.1. The van der Waals surface area contributed by atoms with E-state index in [0.29, 0.717) is 23.1 Å². The van der Waals surface area contributed by atoms with E-state index in [2.05, 4.69) is 49.6 Å². The summed E-state index contributed by atoms with van der Waals surface area (Å²) in [5.41, 5.74) is 2.92. The first-order valence-corrected chi connectivity index (χ1v) is 13.4. The van der Waals surface area contributed by atoms with Gasteiger partial charge in [-0.05, 0) is 44.9 Å². The number of hydrogen-bond donors (Lipinski definition) is 3. The lowest BCUT2D eigenvalue weighted by Gasteiger charge is -2.35. The van der Waals surface area contributed by atoms with Gasteiger partial charge in [0.2, 0.25) is 11.9 Å². The molecular weight excluding hydrogens is 502 g/mol. The van der Waals surface area contributed by atoms with Crippen molar-refractivity contribution >= 4 is 23.2 Å². The molecule has 206 valence electrons. The van der Waals surface area contributed by atoms with Crippen molar-refractivity contribution in [3.05, 3.63) is 53.7 Å². The lowest BCUT2D eigenvalue weighted by molar-refractivity contribution is -0.119. The summed E-state index contributed by atoms with van der Waals surface area (Å²) in [5.74, 6) is -0.701. The number of rotatable bonds is 8. The second-order valence-corrected chi connectivity index (χ2v) is 10.9. The van der Waals surface area contributed by atoms with Gasteiger partial charge in [-0.3, -0.25) is 9.78 Å². The predicted octanol–water partition coefficient (Wildman–Crippen LogP) is 4.24. The number of amides is 1. The van der Waals surface area contributed by atoms with Crippen LogP contribution in [0, 0.1) is 11.8 Å². The topological polar surface area (TPSA) is 108 Å². The number of hydrogen-bond acceptors (Lipinski definition) is 8. The largest absolute Gasteiger partial charge is 0.382 e. The third-order valence-corrected chi connectivity index (χ3v) is 7.44. The lowest BCUT2D eigenvalue weighted by Crippen LogP contribution is -2.36. The number of carbonyl (C=O) groups excluding carboxylic acids is 1. The van der Waals surface area contributed by atoms with Crippen LogP contribution in [0.25, 0.3) is 11.3 Å². The zero-order chi connectivity index (χ0) is 27.7. The van der Waals surface area contributed by atoms with Crippen LogP contribution in [0.1, 0.15) is 57.7 Å². The van der Waals surface area contributed by atoms with Crippen LogP contribution < -0.4 is 20.9 Å². The summed E-state index contributed by atoms with van der Waals surface area (Å²) in [5, 5.41) is 9.78. The molecule has 3 aromatic rings. The monoisotopic (exact) mass is 536 g/mol. The van der Waals surface area contributed by atoms with Crippen LogP contribution in [-0.2, 0) is 10.2 Å². The Hall–Kier alpha value is -3.73. The summed E-state index contributed by atoms with van der Waals surface area (Å²) >= 11 is 0. The van der Waals surface area contributed by atoms with Gasteiger partial charge < -0.3 is 20.9 Å². The van der Waals surface area contributed by atoms with Crippen LogP contribution in [0.4, 0.5) is 26.1 Å². The van der Waals surface area contributed by atoms with E-state index in [1.54, 1.807) is 0 Å². The van der Waals surface area contributed by atoms with E-state index < -0.39 is 17.2 Å². The van der Waals surface area contributed by atoms with Crippen molar-refractivity contribution in [2.75, 3.05) is 41.7 Å². The fraction of sp³-hybridized carbons (Fsp3) is 0.464. The number of pyridine rings is 2. The van der Waals surface area contributed by atoms with E-state index in [1.807, 2.05) is 26.0 Å². The molecule has 11 heteroatoms. The average Bonchev–Trinajstić information content (AvgIpc) is 3.16. The van der Waals surface area contributed by atoms with Crippen LogP contribution in [0.5, 0.6) is 0 Å². The highest BCUT2D eigenvalue weighted by molar-refractivity contribution is 6.06. The number of fused-ring (bicyclic) bond motifs is 1. The zero-order valence-corrected chi connectivity index (χ0v) is 22.7. The van der Waals surface area contributed by atoms with Crippen molar-refractivity contribution in [1.29, 1.82) is 0 Å². The molecule has 0 bridgehead atoms. The predicted molar refractivity (Wildman–Crippen MR) is 147 cm³/mol. The molecule has 5 rings (SSSR count). The maximum Gasteiger partial charge on any atom is 0.248 e. The van der Waals surface area contributed by atoms with Crippen LogP contribution in [-0.4, -0.2) is 58.1 Å². The van der Waals surface area contributed by atoms with Crippen molar-refractivity contribution < 1.29 is 13.6 Å². The molecule has 1 saturated heterocycles. The standard InChI is InChI=1S/C28H34F2N8O/c1-16(2)31-9-10-32-21-6-5-20(18-13-19(29)24(30)33-14-18)36-23(21)17-7-11-38(12-8-17)26-22-25(34-15-35-26)37-27(39)28(22,3)4/h5-6,13-17,31-32H,7-12H2,1-4H3,(H,34,35,37,39). The fourth-order valence-electron chi connectivity index (χ4n) is 5.24. The Morgan fingerprint density at radius 1 is 1.13 bits per heavy atom. The maximum atomic E-state index is 13.9. The number of carbonyl (C=O) groups is 1. The Labute approximate surface area is 226 Å². The van der Waals surface area contributed by atoms with Crippen LogP contribution in [0.3, 0.4) is 0 Å². The molecule has 3 aromatic heterocycles. The Bertz CT molecular complexity index is 1370. The molecule has 2 aliphatic heterocycles. The molecule has 1 fully saturated rings. The van der Waals surface area contributed by atoms with Crippen LogP contribution in [0.2, 0.25) is 0 Å². The molecule has 0 aromatic carbocycles. The maximum absolute atomic E-state index is 13.9. The van der Waals surface area contributed by atoms with E-state index in [-0.39, 0.29) is 11.8 Å². The number of piperidine rings is 1. The van der Waals surface area contributed by atoms with E-state index in [9.17, 15) is 13.6 Å². The normalized spacial score (nSPS) is 16.9. The van der Waals surface area contributed by atoms with Gasteiger partial charge in [0.15, 0.2) is 5.82 Å². The molecule has 0 unspecified atom stereocenters. The van der Waals surface area contributed by atoms with E-state index in [1.165, 1.54) is 12.5 Å². The summed E-state index contributed by atoms with van der Waals surface area (Å²) in [6.07, 6.45) is 4.42. The molecule has 0 radical (unpaired) electrons. The third kappa shape index (κ3) is 5.40. The number of nitrogens with zero attached hydrogens (tertiary/aromatic N) is 5. The third-order valence-electron chi connectivity index (χ3n) is 7.44. The van der Waals surface area contributed by atoms with Gasteiger partial charge in [0.25, 0.3) is 0 Å². The molecular formula is C28H34F2N8O. The second kappa shape index (κ2) is 10.8. The first-order valence-electron chi connectivity index (χ1n) is 13.4. The van der Waals surface area contributed by atoms with E-state index in [4.69, 9.17) is 4.98 Å². The first-order chi connectivity index (χ1) is 18.6. The van der Waals surface area contributed by atoms with Crippen molar-refractivity contribution in [3.63, 3.8) is 0 Å². The molecule has 5 heterocycles. The highest BCUT2D eigenvalue weighted by Crippen LogP contribution is 2.43. The molecule has 1 amide bonds. The lowest BCUT2D eigenvalue weighted by atomic mass is 9.86. The summed E-state index contributed by atoms with van der Waals surface area (Å²) in [7, 11) is 0. The molecule has 2 aliphatic rings. The highest BCUT2D eigenvalue weighted by atomic mass is 19.2. The number of anilines is 3. The van der Waals surface area contributed by atoms with Crippen LogP contribution >= 0.6 is 0 Å². The quantitative estimate of drug-likeness (QED) is 0.290. The fourth-order valence-corrected chi connectivity index (χ4v) is 5.24. The van der Waals surface area contributed by atoms with Gasteiger partial charge in [-0.25, -0.2) is 19.3 Å². The van der Waals surface area contributed by atoms with Crippen LogP contribution in [0.15, 0.2) is 30.7 Å². The molecule has 9 nitrogen and oxygen atoms in total. The smallest absolute Gasteiger partial charge is 0.248 e. The van der Waals surface area contributed by atoms with E-state index in [0.717, 1.165) is 67.8 Å². The van der Waals surface area contributed by atoms with Gasteiger partial charge in [0.1, 0.15) is 18.0 Å². The highest BCUT2D eigenvalue weighted by Gasteiger charge is 2.43. The molecule has 0 spiro atoms. The van der Waals surface area contributed by atoms with Gasteiger partial charge in [0.05, 0.1) is 28.1 Å². The Kier molecular flexibility index (Phi) is 7.44. The minimum atomic E-state index is -1.13. The van der Waals surface area contributed by atoms with Crippen molar-refractivity contribution in [2.45, 2.75) is 57.9 Å². The SMILES string of the molecule is CC(C)NCCNc1ccc(-c2cnc(F)c(F)c2)nc1C1CCN(c2ncnc3c2C(C)(C)C(=O)N3)CC1. The van der Waals surface area contributed by atoms with Gasteiger partial charge in [-0.1, -0.05) is 13.8 Å². The van der Waals surface area contributed by atoms with Gasteiger partial charge in [0, 0.05) is 49.9 Å². The summed E-state index contributed by atoms with van der Waals surface area (Å²) in [6.45, 7) is 11.0. The molecule has 0 aliphatic carbocycles. The van der Waals surface area contributed by atoms with Crippen molar-refractivity contribution in [3.8, 4) is 11.3 Å². The Morgan fingerprint density at radius 2 is 1.90 bits per heavy atom.